The fourth-order valence-corrected chi connectivity index (χ4v) is 3.65. The van der Waals surface area contributed by atoms with E-state index < -0.39 is 0 Å². The molecule has 3 N–H and O–H groups in total. The molecule has 1 heterocycles. The molecule has 0 bridgehead atoms. The molecule has 166 valence electrons. The minimum atomic E-state index is -0.332. The first-order valence-corrected chi connectivity index (χ1v) is 11.2. The van der Waals surface area contributed by atoms with Crippen LogP contribution in [0.25, 0.3) is 0 Å². The van der Waals surface area contributed by atoms with E-state index in [0.717, 1.165) is 5.69 Å². The molecule has 0 atom stereocenters. The fourth-order valence-electron chi connectivity index (χ4n) is 2.58. The number of aromatic nitrogens is 3. The highest BCUT2D eigenvalue weighted by Gasteiger charge is 2.13. The summed E-state index contributed by atoms with van der Waals surface area (Å²) in [6, 6.07) is 11.9. The van der Waals surface area contributed by atoms with Gasteiger partial charge in [0.25, 0.3) is 5.91 Å². The molecule has 3 aromatic rings. The number of anilines is 1. The highest BCUT2D eigenvalue weighted by atomic mass is 35.5. The van der Waals surface area contributed by atoms with E-state index in [0.29, 0.717) is 39.7 Å². The molecule has 8 nitrogen and oxygen atoms in total. The third-order valence-electron chi connectivity index (χ3n) is 4.11. The fraction of sp³-hybridized carbons (Fsp3) is 0.143. The highest BCUT2D eigenvalue weighted by molar-refractivity contribution is 7.99. The predicted octanol–water partition coefficient (Wildman–Crippen LogP) is 4.33. The van der Waals surface area contributed by atoms with Crippen LogP contribution in [0.3, 0.4) is 0 Å². The van der Waals surface area contributed by atoms with Crippen LogP contribution in [-0.4, -0.2) is 37.7 Å². The van der Waals surface area contributed by atoms with E-state index in [-0.39, 0.29) is 17.4 Å². The number of hydrogen-bond donors (Lipinski definition) is 3. The Morgan fingerprint density at radius 3 is 2.69 bits per heavy atom. The number of nitrogens with one attached hydrogen (secondary N) is 2. The summed E-state index contributed by atoms with van der Waals surface area (Å²) >= 11 is 13.0. The number of thioether (sulfide) groups is 1. The van der Waals surface area contributed by atoms with Crippen molar-refractivity contribution < 1.29 is 9.90 Å². The Kier molecular flexibility index (Phi) is 8.55. The van der Waals surface area contributed by atoms with Gasteiger partial charge in [-0.15, -0.1) is 16.8 Å². The molecular weight excluding hydrogens is 471 g/mol. The maximum Gasteiger partial charge on any atom is 0.250 e. The predicted molar refractivity (Wildman–Crippen MR) is 129 cm³/mol. The van der Waals surface area contributed by atoms with Gasteiger partial charge in [-0.05, 0) is 42.5 Å². The lowest BCUT2D eigenvalue weighted by atomic mass is 10.2. The Morgan fingerprint density at radius 2 is 1.94 bits per heavy atom. The van der Waals surface area contributed by atoms with Crippen molar-refractivity contribution in [1.82, 2.24) is 20.2 Å². The van der Waals surface area contributed by atoms with Crippen LogP contribution in [0.4, 0.5) is 5.69 Å². The maximum atomic E-state index is 12.1. The average molecular weight is 491 g/mol. The van der Waals surface area contributed by atoms with Crippen LogP contribution in [0.1, 0.15) is 11.4 Å². The van der Waals surface area contributed by atoms with Crippen LogP contribution in [0.2, 0.25) is 10.0 Å². The molecule has 0 spiro atoms. The van der Waals surface area contributed by atoms with Gasteiger partial charge in [-0.25, -0.2) is 5.43 Å². The van der Waals surface area contributed by atoms with Gasteiger partial charge in [-0.2, -0.15) is 5.10 Å². The summed E-state index contributed by atoms with van der Waals surface area (Å²) in [5, 5.41) is 27.0. The lowest BCUT2D eigenvalue weighted by Crippen LogP contribution is -2.20. The van der Waals surface area contributed by atoms with E-state index in [1.807, 2.05) is 16.7 Å². The van der Waals surface area contributed by atoms with Crippen LogP contribution in [0.15, 0.2) is 65.4 Å². The third-order valence-corrected chi connectivity index (χ3v) is 5.57. The molecule has 0 aliphatic heterocycles. The minimum Gasteiger partial charge on any atom is -0.507 e. The van der Waals surface area contributed by atoms with Gasteiger partial charge in [0.15, 0.2) is 11.0 Å². The van der Waals surface area contributed by atoms with Crippen LogP contribution in [-0.2, 0) is 17.9 Å². The second-order valence-electron chi connectivity index (χ2n) is 6.44. The Labute approximate surface area is 199 Å². The first kappa shape index (κ1) is 23.6. The number of hydrogen-bond acceptors (Lipinski definition) is 7. The number of carbonyl (C=O) groups is 1. The van der Waals surface area contributed by atoms with Gasteiger partial charge < -0.3 is 15.0 Å². The maximum absolute atomic E-state index is 12.1. The molecule has 1 amide bonds. The first-order valence-electron chi connectivity index (χ1n) is 9.42. The van der Waals surface area contributed by atoms with Crippen molar-refractivity contribution in [3.8, 4) is 5.75 Å². The summed E-state index contributed by atoms with van der Waals surface area (Å²) in [5.41, 5.74) is 3.71. The highest BCUT2D eigenvalue weighted by Crippen LogP contribution is 2.20. The Bertz CT molecular complexity index is 1120. The number of hydrazone groups is 1. The number of aromatic hydroxyl groups is 1. The SMILES string of the molecule is C=CCn1c(CNc2ccc(Cl)cc2)nnc1SCC(=O)N/N=C/c1cc(Cl)ccc1O. The smallest absolute Gasteiger partial charge is 0.250 e. The van der Waals surface area contributed by atoms with Crippen LogP contribution >= 0.6 is 35.0 Å². The standard InChI is InChI=1S/C21H20Cl2N6O2S/c1-2-9-29-19(12-24-17-6-3-15(22)4-7-17)26-28-21(29)32-13-20(31)27-25-11-14-10-16(23)5-8-18(14)30/h2-8,10-11,24,30H,1,9,12-13H2,(H,27,31)/b25-11+. The minimum absolute atomic E-state index is 0.0130. The number of nitrogens with zero attached hydrogens (tertiary/aromatic N) is 4. The van der Waals surface area contributed by atoms with Crippen molar-refractivity contribution in [3.63, 3.8) is 0 Å². The normalized spacial score (nSPS) is 10.9. The van der Waals surface area contributed by atoms with E-state index in [9.17, 15) is 9.90 Å². The molecular formula is C21H20Cl2N6O2S. The lowest BCUT2D eigenvalue weighted by Gasteiger charge is -2.09. The second-order valence-corrected chi connectivity index (χ2v) is 8.26. The summed E-state index contributed by atoms with van der Waals surface area (Å²) in [5.74, 6) is 0.469. The van der Waals surface area contributed by atoms with Crippen molar-refractivity contribution in [2.75, 3.05) is 11.1 Å². The monoisotopic (exact) mass is 490 g/mol. The molecule has 0 saturated heterocycles. The largest absolute Gasteiger partial charge is 0.507 e. The van der Waals surface area contributed by atoms with Crippen LogP contribution in [0, 0.1) is 0 Å². The third kappa shape index (κ3) is 6.74. The zero-order chi connectivity index (χ0) is 22.9. The van der Waals surface area contributed by atoms with Crippen molar-refractivity contribution >= 4 is 52.8 Å². The van der Waals surface area contributed by atoms with E-state index >= 15 is 0 Å². The van der Waals surface area contributed by atoms with Gasteiger partial charge in [0.05, 0.1) is 18.5 Å². The summed E-state index contributed by atoms with van der Waals surface area (Å²) < 4.78 is 1.88. The Morgan fingerprint density at radius 1 is 1.19 bits per heavy atom. The number of halogens is 2. The molecule has 0 aliphatic rings. The molecule has 0 aliphatic carbocycles. The van der Waals surface area contributed by atoms with E-state index in [2.05, 4.69) is 32.6 Å². The van der Waals surface area contributed by atoms with E-state index in [1.165, 1.54) is 24.0 Å². The molecule has 0 radical (unpaired) electrons. The summed E-state index contributed by atoms with van der Waals surface area (Å²) in [7, 11) is 0. The molecule has 3 rings (SSSR count). The van der Waals surface area contributed by atoms with Crippen molar-refractivity contribution in [2.24, 2.45) is 5.10 Å². The molecule has 32 heavy (non-hydrogen) atoms. The number of rotatable bonds is 10. The molecule has 1 aromatic heterocycles. The summed E-state index contributed by atoms with van der Waals surface area (Å²) in [4.78, 5) is 12.1. The topological polar surface area (TPSA) is 104 Å². The van der Waals surface area contributed by atoms with Gasteiger partial charge in [0.2, 0.25) is 0 Å². The van der Waals surface area contributed by atoms with E-state index in [1.54, 1.807) is 30.3 Å². The molecule has 0 fully saturated rings. The van der Waals surface area contributed by atoms with Crippen molar-refractivity contribution in [1.29, 1.82) is 0 Å². The first-order chi connectivity index (χ1) is 15.5. The zero-order valence-corrected chi connectivity index (χ0v) is 19.2. The number of allylic oxidation sites excluding steroid dienone is 1. The number of phenolic OH excluding ortho intramolecular Hbond substituents is 1. The number of phenols is 1. The Hall–Kier alpha value is -3.01. The number of carbonyl (C=O) groups excluding carboxylic acids is 1. The van der Waals surface area contributed by atoms with Gasteiger partial charge in [-0.3, -0.25) is 4.79 Å². The molecule has 0 unspecified atom stereocenters. The van der Waals surface area contributed by atoms with E-state index in [4.69, 9.17) is 23.2 Å². The van der Waals surface area contributed by atoms with Crippen LogP contribution < -0.4 is 10.7 Å². The van der Waals surface area contributed by atoms with Gasteiger partial charge in [0.1, 0.15) is 5.75 Å². The lowest BCUT2D eigenvalue weighted by molar-refractivity contribution is -0.118. The summed E-state index contributed by atoms with van der Waals surface area (Å²) in [6.07, 6.45) is 3.06. The van der Waals surface area contributed by atoms with Gasteiger partial charge in [-0.1, -0.05) is 41.0 Å². The molecule has 11 heteroatoms. The van der Waals surface area contributed by atoms with Crippen molar-refractivity contribution in [3.05, 3.63) is 76.6 Å². The number of benzene rings is 2. The summed E-state index contributed by atoms with van der Waals surface area (Å²) in [6.45, 7) is 4.72. The molecule has 0 saturated carbocycles. The van der Waals surface area contributed by atoms with Crippen molar-refractivity contribution in [2.45, 2.75) is 18.2 Å². The number of amides is 1. The van der Waals surface area contributed by atoms with Gasteiger partial charge >= 0.3 is 0 Å². The Balaban J connectivity index is 1.56. The molecule has 2 aromatic carbocycles. The van der Waals surface area contributed by atoms with Gasteiger partial charge in [0, 0.05) is 27.8 Å². The zero-order valence-electron chi connectivity index (χ0n) is 16.8. The average Bonchev–Trinajstić information content (AvgIpc) is 3.16. The quantitative estimate of drug-likeness (QED) is 0.169. The van der Waals surface area contributed by atoms with Crippen LogP contribution in [0.5, 0.6) is 5.75 Å². The second kappa shape index (κ2) is 11.6.